The second kappa shape index (κ2) is 15.0. The van der Waals surface area contributed by atoms with Gasteiger partial charge in [0, 0.05) is 32.9 Å². The molecule has 6 nitrogen and oxygen atoms in total. The molecule has 0 saturated heterocycles. The third-order valence-electron chi connectivity index (χ3n) is 14.3. The van der Waals surface area contributed by atoms with Gasteiger partial charge in [-0.05, 0) is 99.8 Å². The first-order valence-electron chi connectivity index (χ1n) is 23.8. The fraction of sp³-hybridized carbons (Fsp3) is 0. The fourth-order valence-electron chi connectivity index (χ4n) is 11.3. The zero-order valence-corrected chi connectivity index (χ0v) is 37.8. The Balaban J connectivity index is 0.927. The van der Waals surface area contributed by atoms with Crippen LogP contribution in [0.3, 0.4) is 0 Å². The molecule has 0 spiro atoms. The van der Waals surface area contributed by atoms with Gasteiger partial charge < -0.3 is 18.3 Å². The molecule has 70 heavy (non-hydrogen) atoms. The lowest BCUT2D eigenvalue weighted by molar-refractivity contribution is 1.13. The van der Waals surface area contributed by atoms with Crippen molar-refractivity contribution in [2.75, 3.05) is 0 Å². The summed E-state index contributed by atoms with van der Waals surface area (Å²) in [4.78, 5) is 10.5. The van der Waals surface area contributed by atoms with Gasteiger partial charge >= 0.3 is 0 Å². The molecule has 0 atom stereocenters. The number of hydrogen-bond donors (Lipinski definition) is 0. The van der Waals surface area contributed by atoms with Gasteiger partial charge in [0.05, 0.1) is 78.9 Å². The highest BCUT2D eigenvalue weighted by molar-refractivity contribution is 6.21. The molecule has 0 aliphatic carbocycles. The molecule has 0 fully saturated rings. The van der Waals surface area contributed by atoms with Crippen molar-refractivity contribution in [1.82, 2.24) is 28.2 Å². The largest absolute Gasteiger partial charge is 0.307 e. The number of benzene rings is 9. The molecule has 326 valence electrons. The summed E-state index contributed by atoms with van der Waals surface area (Å²) < 4.78 is 9.65. The average molecular weight is 893 g/mol. The van der Waals surface area contributed by atoms with Gasteiger partial charge in [0.1, 0.15) is 0 Å². The van der Waals surface area contributed by atoms with Crippen LogP contribution in [0.2, 0.25) is 0 Å². The van der Waals surface area contributed by atoms with Crippen LogP contribution in [0.25, 0.3) is 132 Å². The molecule has 6 heteroatoms. The Labute approximate surface area is 401 Å². The van der Waals surface area contributed by atoms with Gasteiger partial charge in [0.15, 0.2) is 0 Å². The molecule has 0 N–H and O–H groups in total. The standard InChI is InChI=1S/C64H40N6/c1-3-17-41(18-4-1)45-33-46(42-19-5-2-6-20-42)36-48(35-45)68-58-28-14-10-24-52(58)64-62(68)54-26-12-16-30-60(54)70(64)50-38-56-55(66-40-50)37-49(39-65-56)69-59-29-15-11-25-53(59)61-63(69)51-23-9-13-27-57(51)67(61)47-32-31-43-21-7-8-22-44(43)34-47/h1-40H. The molecule has 0 radical (unpaired) electrons. The molecule has 0 aliphatic heterocycles. The number of fused-ring (bicyclic) bond motifs is 12. The third kappa shape index (κ3) is 5.68. The Kier molecular flexibility index (Phi) is 8.26. The second-order valence-corrected chi connectivity index (χ2v) is 18.3. The SMILES string of the molecule is c1ccc(-c2cc(-c3ccccc3)cc(-n3c4ccccc4c4c3c3ccccc3n4-c3cnc4cc(-n5c6ccccc6c6c5c5ccccc5n6-c5ccc6ccccc6c5)cnc4c3)c2)cc1. The predicted octanol–water partition coefficient (Wildman–Crippen LogP) is 16.2. The van der Waals surface area contributed by atoms with Crippen LogP contribution in [0, 0.1) is 0 Å². The van der Waals surface area contributed by atoms with E-state index in [1.807, 2.05) is 12.4 Å². The van der Waals surface area contributed by atoms with Crippen molar-refractivity contribution in [2.45, 2.75) is 0 Å². The van der Waals surface area contributed by atoms with Crippen molar-refractivity contribution >= 4 is 87.5 Å². The van der Waals surface area contributed by atoms with E-state index in [4.69, 9.17) is 9.97 Å². The number of pyridine rings is 2. The van der Waals surface area contributed by atoms with Crippen LogP contribution in [-0.2, 0) is 0 Å². The van der Waals surface area contributed by atoms with Gasteiger partial charge in [0.2, 0.25) is 0 Å². The molecule has 6 heterocycles. The molecular formula is C64H40N6. The van der Waals surface area contributed by atoms with Crippen LogP contribution < -0.4 is 0 Å². The molecule has 0 saturated carbocycles. The lowest BCUT2D eigenvalue weighted by atomic mass is 9.98. The second-order valence-electron chi connectivity index (χ2n) is 18.3. The van der Waals surface area contributed by atoms with Crippen molar-refractivity contribution in [3.05, 3.63) is 243 Å². The van der Waals surface area contributed by atoms with Gasteiger partial charge in [-0.2, -0.15) is 0 Å². The lowest BCUT2D eigenvalue weighted by Crippen LogP contribution is -1.98. The molecule has 15 aromatic rings. The van der Waals surface area contributed by atoms with Crippen LogP contribution in [0.5, 0.6) is 0 Å². The molecule has 15 rings (SSSR count). The van der Waals surface area contributed by atoms with E-state index in [0.717, 1.165) is 83.2 Å². The topological polar surface area (TPSA) is 45.5 Å². The summed E-state index contributed by atoms with van der Waals surface area (Å²) in [6.07, 6.45) is 4.03. The smallest absolute Gasteiger partial charge is 0.0909 e. The predicted molar refractivity (Wildman–Crippen MR) is 290 cm³/mol. The molecule has 9 aromatic carbocycles. The summed E-state index contributed by atoms with van der Waals surface area (Å²) in [5.74, 6) is 0. The Morgan fingerprint density at radius 1 is 0.243 bits per heavy atom. The Morgan fingerprint density at radius 2 is 0.614 bits per heavy atom. The van der Waals surface area contributed by atoms with E-state index < -0.39 is 0 Å². The summed E-state index contributed by atoms with van der Waals surface area (Å²) in [5.41, 5.74) is 19.6. The molecule has 6 aromatic heterocycles. The van der Waals surface area contributed by atoms with Gasteiger partial charge in [-0.25, -0.2) is 0 Å². The number of aromatic nitrogens is 6. The van der Waals surface area contributed by atoms with Gasteiger partial charge in [-0.1, -0.05) is 164 Å². The first-order chi connectivity index (χ1) is 34.7. The number of nitrogens with zero attached hydrogens (tertiary/aromatic N) is 6. The molecule has 0 bridgehead atoms. The van der Waals surface area contributed by atoms with E-state index in [1.165, 1.54) is 49.3 Å². The zero-order chi connectivity index (χ0) is 45.9. The lowest BCUT2D eigenvalue weighted by Gasteiger charge is -2.14. The maximum atomic E-state index is 5.25. The Bertz CT molecular complexity index is 4520. The molecular weight excluding hydrogens is 853 g/mol. The van der Waals surface area contributed by atoms with Crippen LogP contribution in [-0.4, -0.2) is 28.2 Å². The minimum absolute atomic E-state index is 0.824. The zero-order valence-electron chi connectivity index (χ0n) is 37.8. The fourth-order valence-corrected chi connectivity index (χ4v) is 11.3. The van der Waals surface area contributed by atoms with Crippen LogP contribution in [0.1, 0.15) is 0 Å². The monoisotopic (exact) mass is 892 g/mol. The first-order valence-corrected chi connectivity index (χ1v) is 23.8. The van der Waals surface area contributed by atoms with Crippen LogP contribution >= 0.6 is 0 Å². The maximum Gasteiger partial charge on any atom is 0.0909 e. The quantitative estimate of drug-likeness (QED) is 0.167. The van der Waals surface area contributed by atoms with E-state index in [-0.39, 0.29) is 0 Å². The summed E-state index contributed by atoms with van der Waals surface area (Å²) in [5, 5.41) is 7.11. The Morgan fingerprint density at radius 3 is 1.07 bits per heavy atom. The van der Waals surface area contributed by atoms with E-state index in [0.29, 0.717) is 0 Å². The van der Waals surface area contributed by atoms with Crippen molar-refractivity contribution in [2.24, 2.45) is 0 Å². The Hall–Kier alpha value is -9.52. The average Bonchev–Trinajstić information content (AvgIpc) is 4.16. The van der Waals surface area contributed by atoms with E-state index in [2.05, 4.69) is 249 Å². The van der Waals surface area contributed by atoms with Crippen molar-refractivity contribution in [1.29, 1.82) is 0 Å². The highest BCUT2D eigenvalue weighted by Gasteiger charge is 2.25. The highest BCUT2D eigenvalue weighted by Crippen LogP contribution is 2.44. The van der Waals surface area contributed by atoms with Crippen molar-refractivity contribution < 1.29 is 0 Å². The van der Waals surface area contributed by atoms with Gasteiger partial charge in [0.25, 0.3) is 0 Å². The maximum absolute atomic E-state index is 5.25. The number of para-hydroxylation sites is 4. The summed E-state index contributed by atoms with van der Waals surface area (Å²) in [6, 6.07) is 83.1. The van der Waals surface area contributed by atoms with Crippen LogP contribution in [0.4, 0.5) is 0 Å². The minimum Gasteiger partial charge on any atom is -0.307 e. The van der Waals surface area contributed by atoms with E-state index >= 15 is 0 Å². The normalized spacial score (nSPS) is 12.0. The summed E-state index contributed by atoms with van der Waals surface area (Å²) in [6.45, 7) is 0. The molecule has 0 aliphatic rings. The molecule has 0 unspecified atom stereocenters. The van der Waals surface area contributed by atoms with Crippen molar-refractivity contribution in [3.63, 3.8) is 0 Å². The number of rotatable bonds is 6. The van der Waals surface area contributed by atoms with Gasteiger partial charge in [-0.3, -0.25) is 9.97 Å². The summed E-state index contributed by atoms with van der Waals surface area (Å²) in [7, 11) is 0. The van der Waals surface area contributed by atoms with Crippen LogP contribution in [0.15, 0.2) is 243 Å². The van der Waals surface area contributed by atoms with Gasteiger partial charge in [-0.15, -0.1) is 0 Å². The third-order valence-corrected chi connectivity index (χ3v) is 14.3. The molecule has 0 amide bonds. The summed E-state index contributed by atoms with van der Waals surface area (Å²) >= 11 is 0. The van der Waals surface area contributed by atoms with E-state index in [9.17, 15) is 0 Å². The highest BCUT2D eigenvalue weighted by atomic mass is 15.1. The van der Waals surface area contributed by atoms with Crippen molar-refractivity contribution in [3.8, 4) is 45.0 Å². The minimum atomic E-state index is 0.824. The first kappa shape index (κ1) is 38.6. The van der Waals surface area contributed by atoms with E-state index in [1.54, 1.807) is 0 Å². The number of hydrogen-bond acceptors (Lipinski definition) is 2.